The molecule has 2 aromatic rings. The summed E-state index contributed by atoms with van der Waals surface area (Å²) in [4.78, 5) is 39.1. The van der Waals surface area contributed by atoms with Gasteiger partial charge in [-0.3, -0.25) is 14.4 Å². The van der Waals surface area contributed by atoms with Crippen LogP contribution in [0.3, 0.4) is 0 Å². The number of anilines is 1. The summed E-state index contributed by atoms with van der Waals surface area (Å²) in [6.07, 6.45) is 0.963. The van der Waals surface area contributed by atoms with Crippen molar-refractivity contribution in [3.05, 3.63) is 51.7 Å². The average molecular weight is 372 g/mol. The van der Waals surface area contributed by atoms with E-state index in [2.05, 4.69) is 5.32 Å². The average Bonchev–Trinajstić information content (AvgIpc) is 3.08. The molecule has 1 saturated heterocycles. The molecule has 1 aliphatic heterocycles. The van der Waals surface area contributed by atoms with Crippen LogP contribution in [0.2, 0.25) is 0 Å². The maximum absolute atomic E-state index is 12.5. The molecule has 26 heavy (non-hydrogen) atoms. The van der Waals surface area contributed by atoms with Crippen LogP contribution in [-0.4, -0.2) is 40.9 Å². The first-order valence-electron chi connectivity index (χ1n) is 8.44. The minimum Gasteiger partial charge on any atom is -0.481 e. The number of piperidine rings is 1. The highest BCUT2D eigenvalue weighted by molar-refractivity contribution is 7.14. The first kappa shape index (κ1) is 18.1. The molecule has 2 amide bonds. The van der Waals surface area contributed by atoms with Crippen LogP contribution >= 0.6 is 11.3 Å². The second-order valence-electron chi connectivity index (χ2n) is 6.35. The number of benzene rings is 1. The van der Waals surface area contributed by atoms with Crippen molar-refractivity contribution in [2.75, 3.05) is 18.4 Å². The van der Waals surface area contributed by atoms with Crippen molar-refractivity contribution >= 4 is 34.8 Å². The number of aryl methyl sites for hydroxylation is 1. The highest BCUT2D eigenvalue weighted by Crippen LogP contribution is 2.21. The normalized spacial score (nSPS) is 14.9. The van der Waals surface area contributed by atoms with Crippen LogP contribution < -0.4 is 5.32 Å². The van der Waals surface area contributed by atoms with E-state index in [0.717, 1.165) is 4.88 Å². The first-order valence-corrected chi connectivity index (χ1v) is 9.25. The molecule has 1 aromatic carbocycles. The number of rotatable bonds is 4. The Labute approximate surface area is 155 Å². The summed E-state index contributed by atoms with van der Waals surface area (Å²) in [5, 5.41) is 11.8. The fraction of sp³-hybridized carbons (Fsp3) is 0.316. The Bertz CT molecular complexity index is 820. The van der Waals surface area contributed by atoms with Gasteiger partial charge in [-0.05, 0) is 56.2 Å². The van der Waals surface area contributed by atoms with Crippen molar-refractivity contribution in [1.82, 2.24) is 4.90 Å². The van der Waals surface area contributed by atoms with E-state index in [9.17, 15) is 14.4 Å². The van der Waals surface area contributed by atoms with Crippen LogP contribution in [0, 0.1) is 12.8 Å². The second-order valence-corrected chi connectivity index (χ2v) is 7.63. The van der Waals surface area contributed by atoms with Gasteiger partial charge in [0.05, 0.1) is 10.8 Å². The second kappa shape index (κ2) is 7.70. The molecule has 2 heterocycles. The lowest BCUT2D eigenvalue weighted by molar-refractivity contribution is -0.143. The Morgan fingerprint density at radius 3 is 2.27 bits per heavy atom. The van der Waals surface area contributed by atoms with Gasteiger partial charge in [0, 0.05) is 29.2 Å². The van der Waals surface area contributed by atoms with Gasteiger partial charge in [0.1, 0.15) is 0 Å². The van der Waals surface area contributed by atoms with Gasteiger partial charge in [-0.1, -0.05) is 0 Å². The Hall–Kier alpha value is -2.67. The topological polar surface area (TPSA) is 86.7 Å². The van der Waals surface area contributed by atoms with Crippen molar-refractivity contribution < 1.29 is 19.5 Å². The zero-order chi connectivity index (χ0) is 18.7. The monoisotopic (exact) mass is 372 g/mol. The lowest BCUT2D eigenvalue weighted by Crippen LogP contribution is -2.40. The number of nitrogens with zero attached hydrogens (tertiary/aromatic N) is 1. The van der Waals surface area contributed by atoms with Crippen molar-refractivity contribution in [1.29, 1.82) is 0 Å². The fourth-order valence-corrected chi connectivity index (χ4v) is 3.72. The molecule has 3 rings (SSSR count). The summed E-state index contributed by atoms with van der Waals surface area (Å²) in [5.74, 6) is -1.44. The molecule has 6 nitrogen and oxygen atoms in total. The van der Waals surface area contributed by atoms with Gasteiger partial charge in [0.25, 0.3) is 11.8 Å². The lowest BCUT2D eigenvalue weighted by Gasteiger charge is -2.30. The summed E-state index contributed by atoms with van der Waals surface area (Å²) in [6, 6.07) is 10.5. The number of carboxylic acids is 1. The molecule has 0 spiro atoms. The van der Waals surface area contributed by atoms with E-state index in [1.54, 1.807) is 35.2 Å². The van der Waals surface area contributed by atoms with Crippen LogP contribution in [0.1, 0.15) is 37.7 Å². The highest BCUT2D eigenvalue weighted by Gasteiger charge is 2.27. The number of hydrogen-bond acceptors (Lipinski definition) is 4. The Kier molecular flexibility index (Phi) is 5.37. The van der Waals surface area contributed by atoms with Gasteiger partial charge in [-0.15, -0.1) is 11.3 Å². The van der Waals surface area contributed by atoms with Crippen LogP contribution in [0.15, 0.2) is 36.4 Å². The van der Waals surface area contributed by atoms with Crippen molar-refractivity contribution in [2.24, 2.45) is 5.92 Å². The Balaban J connectivity index is 1.59. The van der Waals surface area contributed by atoms with E-state index in [1.807, 2.05) is 13.0 Å². The minimum absolute atomic E-state index is 0.111. The van der Waals surface area contributed by atoms with E-state index in [-0.39, 0.29) is 17.7 Å². The van der Waals surface area contributed by atoms with Crippen molar-refractivity contribution in [3.63, 3.8) is 0 Å². The van der Waals surface area contributed by atoms with Crippen LogP contribution in [0.4, 0.5) is 5.69 Å². The number of hydrogen-bond donors (Lipinski definition) is 2. The molecule has 1 aromatic heterocycles. The summed E-state index contributed by atoms with van der Waals surface area (Å²) in [5.41, 5.74) is 1.16. The van der Waals surface area contributed by atoms with Crippen LogP contribution in [0.25, 0.3) is 0 Å². The Morgan fingerprint density at radius 2 is 1.73 bits per heavy atom. The fourth-order valence-electron chi connectivity index (χ4n) is 2.96. The molecule has 136 valence electrons. The largest absolute Gasteiger partial charge is 0.481 e. The van der Waals surface area contributed by atoms with Gasteiger partial charge in [0.2, 0.25) is 0 Å². The van der Waals surface area contributed by atoms with Gasteiger partial charge in [-0.2, -0.15) is 0 Å². The van der Waals surface area contributed by atoms with Gasteiger partial charge in [0.15, 0.2) is 0 Å². The molecule has 0 atom stereocenters. The van der Waals surface area contributed by atoms with E-state index in [4.69, 9.17) is 5.11 Å². The molecule has 1 fully saturated rings. The quantitative estimate of drug-likeness (QED) is 0.862. The summed E-state index contributed by atoms with van der Waals surface area (Å²) in [6.45, 7) is 2.85. The SMILES string of the molecule is Cc1ccc(C(=O)Nc2ccc(C(=O)N3CCC(C(=O)O)CC3)cc2)s1. The zero-order valence-electron chi connectivity index (χ0n) is 14.4. The van der Waals surface area contributed by atoms with Crippen LogP contribution in [-0.2, 0) is 4.79 Å². The summed E-state index contributed by atoms with van der Waals surface area (Å²) < 4.78 is 0. The van der Waals surface area contributed by atoms with Gasteiger partial charge >= 0.3 is 5.97 Å². The number of carbonyl (C=O) groups is 3. The third kappa shape index (κ3) is 4.11. The summed E-state index contributed by atoms with van der Waals surface area (Å²) in [7, 11) is 0. The number of thiophene rings is 1. The number of amides is 2. The molecule has 0 aliphatic carbocycles. The van der Waals surface area contributed by atoms with E-state index >= 15 is 0 Å². The third-order valence-electron chi connectivity index (χ3n) is 4.49. The molecular weight excluding hydrogens is 352 g/mol. The van der Waals surface area contributed by atoms with Crippen molar-refractivity contribution in [2.45, 2.75) is 19.8 Å². The van der Waals surface area contributed by atoms with E-state index < -0.39 is 5.97 Å². The van der Waals surface area contributed by atoms with Gasteiger partial charge in [-0.25, -0.2) is 0 Å². The van der Waals surface area contributed by atoms with Crippen molar-refractivity contribution in [3.8, 4) is 0 Å². The van der Waals surface area contributed by atoms with Gasteiger partial charge < -0.3 is 15.3 Å². The maximum Gasteiger partial charge on any atom is 0.306 e. The molecule has 0 bridgehead atoms. The number of carboxylic acid groups (broad SMARTS) is 1. The highest BCUT2D eigenvalue weighted by atomic mass is 32.1. The predicted octanol–water partition coefficient (Wildman–Crippen LogP) is 3.25. The van der Waals surface area contributed by atoms with Crippen LogP contribution in [0.5, 0.6) is 0 Å². The van der Waals surface area contributed by atoms with E-state index in [0.29, 0.717) is 42.1 Å². The molecular formula is C19H20N2O4S. The number of nitrogens with one attached hydrogen (secondary N) is 1. The molecule has 0 saturated carbocycles. The Morgan fingerprint density at radius 1 is 1.08 bits per heavy atom. The third-order valence-corrected chi connectivity index (χ3v) is 5.48. The lowest BCUT2D eigenvalue weighted by atomic mass is 9.96. The number of aliphatic carboxylic acids is 1. The molecule has 7 heteroatoms. The smallest absolute Gasteiger partial charge is 0.306 e. The predicted molar refractivity (Wildman–Crippen MR) is 99.7 cm³/mol. The molecule has 0 unspecified atom stereocenters. The number of likely N-dealkylation sites (tertiary alicyclic amines) is 1. The molecule has 1 aliphatic rings. The zero-order valence-corrected chi connectivity index (χ0v) is 15.2. The first-order chi connectivity index (χ1) is 12.4. The maximum atomic E-state index is 12.5. The number of carbonyl (C=O) groups excluding carboxylic acids is 2. The van der Waals surface area contributed by atoms with E-state index in [1.165, 1.54) is 11.3 Å². The standard InChI is InChI=1S/C19H20N2O4S/c1-12-2-7-16(26-12)17(22)20-15-5-3-13(4-6-15)18(23)21-10-8-14(9-11-21)19(24)25/h2-7,14H,8-11H2,1H3,(H,20,22)(H,24,25). The summed E-state index contributed by atoms with van der Waals surface area (Å²) >= 11 is 1.43. The minimum atomic E-state index is -0.793. The molecule has 0 radical (unpaired) electrons. The molecule has 2 N–H and O–H groups in total.